The van der Waals surface area contributed by atoms with Gasteiger partial charge in [-0.1, -0.05) is 140 Å². The Morgan fingerprint density at radius 1 is 0.228 bits per heavy atom. The Bertz CT molecular complexity index is 2990. The van der Waals surface area contributed by atoms with Crippen LogP contribution in [-0.4, -0.2) is 0 Å². The SMILES string of the molecule is c1ccc(N(c2ccc(-c3ccc(-c4ccc5oc6ccccc6c5c4)cc3)cc2)c2ccc(-c3ccc(-c4ccc5oc6ccccc6c5c4)cc3)cc2)cc1. The molecule has 0 unspecified atom stereocenters. The van der Waals surface area contributed by atoms with Crippen LogP contribution in [0.1, 0.15) is 0 Å². The summed E-state index contributed by atoms with van der Waals surface area (Å²) >= 11 is 0. The fourth-order valence-corrected chi connectivity index (χ4v) is 8.15. The summed E-state index contributed by atoms with van der Waals surface area (Å²) < 4.78 is 12.1. The molecule has 0 saturated heterocycles. The predicted octanol–water partition coefficient (Wildman–Crippen LogP) is 15.6. The number of furan rings is 2. The van der Waals surface area contributed by atoms with E-state index in [1.165, 1.54) is 44.5 Å². The average molecular weight is 730 g/mol. The van der Waals surface area contributed by atoms with Crippen molar-refractivity contribution in [3.63, 3.8) is 0 Å². The number of benzene rings is 9. The van der Waals surface area contributed by atoms with Gasteiger partial charge < -0.3 is 13.7 Å². The van der Waals surface area contributed by atoms with Crippen molar-refractivity contribution in [2.24, 2.45) is 0 Å². The van der Waals surface area contributed by atoms with Crippen LogP contribution in [0.2, 0.25) is 0 Å². The highest BCUT2D eigenvalue weighted by atomic mass is 16.3. The van der Waals surface area contributed by atoms with Crippen molar-refractivity contribution in [2.75, 3.05) is 4.90 Å². The van der Waals surface area contributed by atoms with Crippen molar-refractivity contribution < 1.29 is 8.83 Å². The fraction of sp³-hybridized carbons (Fsp3) is 0. The molecule has 11 aromatic rings. The zero-order valence-corrected chi connectivity index (χ0v) is 31.0. The van der Waals surface area contributed by atoms with Gasteiger partial charge >= 0.3 is 0 Å². The molecule has 2 aromatic heterocycles. The summed E-state index contributed by atoms with van der Waals surface area (Å²) in [7, 11) is 0. The molecule has 0 atom stereocenters. The molecule has 0 N–H and O–H groups in total. The van der Waals surface area contributed by atoms with Gasteiger partial charge in [-0.25, -0.2) is 0 Å². The first-order valence-corrected chi connectivity index (χ1v) is 19.3. The number of rotatable bonds is 7. The molecule has 0 saturated carbocycles. The Kier molecular flexibility index (Phi) is 7.82. The van der Waals surface area contributed by atoms with Gasteiger partial charge in [0.1, 0.15) is 22.3 Å². The van der Waals surface area contributed by atoms with Crippen molar-refractivity contribution in [1.29, 1.82) is 0 Å². The van der Waals surface area contributed by atoms with E-state index in [4.69, 9.17) is 8.83 Å². The van der Waals surface area contributed by atoms with E-state index in [1.54, 1.807) is 0 Å². The van der Waals surface area contributed by atoms with Crippen molar-refractivity contribution in [3.05, 3.63) is 212 Å². The van der Waals surface area contributed by atoms with E-state index >= 15 is 0 Å². The first kappa shape index (κ1) is 32.8. The van der Waals surface area contributed by atoms with Crippen LogP contribution in [0.25, 0.3) is 88.4 Å². The largest absolute Gasteiger partial charge is 0.456 e. The number of nitrogens with zero attached hydrogens (tertiary/aromatic N) is 1. The summed E-state index contributed by atoms with van der Waals surface area (Å²) in [4.78, 5) is 2.31. The maximum absolute atomic E-state index is 6.05. The lowest BCUT2D eigenvalue weighted by molar-refractivity contribution is 0.668. The molecule has 0 aliphatic rings. The zero-order chi connectivity index (χ0) is 37.7. The van der Waals surface area contributed by atoms with Gasteiger partial charge in [0, 0.05) is 38.6 Å². The summed E-state index contributed by atoms with van der Waals surface area (Å²) in [5, 5.41) is 4.58. The van der Waals surface area contributed by atoms with Crippen LogP contribution in [0.3, 0.4) is 0 Å². The molecule has 0 fully saturated rings. The summed E-state index contributed by atoms with van der Waals surface area (Å²) in [5.41, 5.74) is 16.4. The highest BCUT2D eigenvalue weighted by Gasteiger charge is 2.14. The van der Waals surface area contributed by atoms with Gasteiger partial charge in [0.05, 0.1) is 0 Å². The van der Waals surface area contributed by atoms with Crippen LogP contribution < -0.4 is 4.90 Å². The van der Waals surface area contributed by atoms with Crippen LogP contribution in [0.4, 0.5) is 17.1 Å². The topological polar surface area (TPSA) is 29.5 Å². The molecule has 0 aliphatic heterocycles. The first-order valence-electron chi connectivity index (χ1n) is 19.3. The van der Waals surface area contributed by atoms with Gasteiger partial charge in [-0.15, -0.1) is 0 Å². The Morgan fingerprint density at radius 2 is 0.526 bits per heavy atom. The van der Waals surface area contributed by atoms with Crippen LogP contribution >= 0.6 is 0 Å². The fourth-order valence-electron chi connectivity index (χ4n) is 8.15. The summed E-state index contributed by atoms with van der Waals surface area (Å²) in [5.74, 6) is 0. The highest BCUT2D eigenvalue weighted by molar-refractivity contribution is 6.07. The van der Waals surface area contributed by atoms with Crippen LogP contribution in [-0.2, 0) is 0 Å². The molecule has 0 amide bonds. The van der Waals surface area contributed by atoms with E-state index in [2.05, 4.69) is 193 Å². The Morgan fingerprint density at radius 3 is 0.947 bits per heavy atom. The minimum atomic E-state index is 0.914. The number of hydrogen-bond donors (Lipinski definition) is 0. The lowest BCUT2D eigenvalue weighted by Crippen LogP contribution is -2.09. The molecule has 3 heteroatoms. The number of hydrogen-bond acceptors (Lipinski definition) is 3. The normalized spacial score (nSPS) is 11.5. The van der Waals surface area contributed by atoms with Crippen molar-refractivity contribution in [3.8, 4) is 44.5 Å². The summed E-state index contributed by atoms with van der Waals surface area (Å²) in [6.07, 6.45) is 0. The molecule has 268 valence electrons. The number of para-hydroxylation sites is 3. The van der Waals surface area contributed by atoms with Gasteiger partial charge in [-0.2, -0.15) is 0 Å². The van der Waals surface area contributed by atoms with Crippen molar-refractivity contribution in [1.82, 2.24) is 0 Å². The van der Waals surface area contributed by atoms with E-state index < -0.39 is 0 Å². The van der Waals surface area contributed by atoms with Gasteiger partial charge in [0.25, 0.3) is 0 Å². The first-order chi connectivity index (χ1) is 28.2. The Hall–Kier alpha value is -7.62. The Balaban J connectivity index is 0.845. The third-order valence-electron chi connectivity index (χ3n) is 11.1. The summed E-state index contributed by atoms with van der Waals surface area (Å²) in [6, 6.07) is 75.3. The molecular weight excluding hydrogens is 695 g/mol. The summed E-state index contributed by atoms with van der Waals surface area (Å²) in [6.45, 7) is 0. The van der Waals surface area contributed by atoms with Gasteiger partial charge in [-0.3, -0.25) is 0 Å². The maximum atomic E-state index is 6.05. The lowest BCUT2D eigenvalue weighted by Gasteiger charge is -2.26. The van der Waals surface area contributed by atoms with Crippen LogP contribution in [0, 0.1) is 0 Å². The minimum absolute atomic E-state index is 0.914. The quantitative estimate of drug-likeness (QED) is 0.164. The molecule has 0 radical (unpaired) electrons. The predicted molar refractivity (Wildman–Crippen MR) is 237 cm³/mol. The second-order valence-electron chi connectivity index (χ2n) is 14.5. The molecule has 57 heavy (non-hydrogen) atoms. The molecule has 3 nitrogen and oxygen atoms in total. The molecule has 0 aliphatic carbocycles. The highest BCUT2D eigenvalue weighted by Crippen LogP contribution is 2.38. The molecule has 11 rings (SSSR count). The van der Waals surface area contributed by atoms with Crippen molar-refractivity contribution in [2.45, 2.75) is 0 Å². The second-order valence-corrected chi connectivity index (χ2v) is 14.5. The number of fused-ring (bicyclic) bond motifs is 6. The molecule has 0 bridgehead atoms. The van der Waals surface area contributed by atoms with E-state index in [0.717, 1.165) is 60.9 Å². The molecule has 0 spiro atoms. The second kappa shape index (κ2) is 13.6. The lowest BCUT2D eigenvalue weighted by atomic mass is 9.98. The third-order valence-corrected chi connectivity index (χ3v) is 11.1. The molecule has 2 heterocycles. The molecular formula is C54H35NO2. The number of anilines is 3. The third kappa shape index (κ3) is 5.94. The van der Waals surface area contributed by atoms with E-state index in [9.17, 15) is 0 Å². The van der Waals surface area contributed by atoms with Gasteiger partial charge in [0.15, 0.2) is 0 Å². The maximum Gasteiger partial charge on any atom is 0.135 e. The smallest absolute Gasteiger partial charge is 0.135 e. The minimum Gasteiger partial charge on any atom is -0.456 e. The zero-order valence-electron chi connectivity index (χ0n) is 31.0. The van der Waals surface area contributed by atoms with Crippen LogP contribution in [0.5, 0.6) is 0 Å². The van der Waals surface area contributed by atoms with E-state index in [1.807, 2.05) is 24.3 Å². The van der Waals surface area contributed by atoms with Gasteiger partial charge in [-0.05, 0) is 117 Å². The monoisotopic (exact) mass is 729 g/mol. The standard InChI is InChI=1S/C54H35NO2/c1-2-8-44(9-3-1)55(45-28-22-38(23-29-45)36-14-18-40(19-15-36)42-26-32-53-49(34-42)47-10-4-6-12-51(47)56-53)46-30-24-39(25-31-46)37-16-20-41(21-17-37)43-27-33-54-50(35-43)48-11-5-7-13-52(48)57-54/h1-35H. The average Bonchev–Trinajstić information content (AvgIpc) is 3.85. The van der Waals surface area contributed by atoms with E-state index in [-0.39, 0.29) is 0 Å². The van der Waals surface area contributed by atoms with Crippen molar-refractivity contribution >= 4 is 60.9 Å². The Labute approximate surface area is 330 Å². The van der Waals surface area contributed by atoms with E-state index in [0.29, 0.717) is 0 Å². The van der Waals surface area contributed by atoms with Crippen LogP contribution in [0.15, 0.2) is 221 Å². The van der Waals surface area contributed by atoms with Gasteiger partial charge in [0.2, 0.25) is 0 Å². The molecule has 9 aromatic carbocycles.